The average molecular weight is 624 g/mol. The predicted molar refractivity (Wildman–Crippen MR) is 205 cm³/mol. The van der Waals surface area contributed by atoms with Crippen molar-refractivity contribution >= 4 is 54.1 Å². The lowest BCUT2D eigenvalue weighted by atomic mass is 9.90. The van der Waals surface area contributed by atoms with Crippen LogP contribution >= 0.6 is 0 Å². The molecule has 0 bridgehead atoms. The van der Waals surface area contributed by atoms with Crippen LogP contribution < -0.4 is 0 Å². The lowest BCUT2D eigenvalue weighted by molar-refractivity contribution is 1.19. The predicted octanol–water partition coefficient (Wildman–Crippen LogP) is 12.0. The molecule has 2 heterocycles. The van der Waals surface area contributed by atoms with E-state index in [1.54, 1.807) is 0 Å². The normalized spacial score (nSPS) is 11.7. The van der Waals surface area contributed by atoms with Gasteiger partial charge in [0.15, 0.2) is 5.82 Å². The second-order valence-corrected chi connectivity index (χ2v) is 12.5. The Balaban J connectivity index is 1.38. The highest BCUT2D eigenvalue weighted by atomic mass is 15.0. The van der Waals surface area contributed by atoms with Gasteiger partial charge < -0.3 is 4.57 Å². The fourth-order valence-electron chi connectivity index (χ4n) is 7.64. The molecule has 228 valence electrons. The summed E-state index contributed by atoms with van der Waals surface area (Å²) in [6.45, 7) is 0. The quantitative estimate of drug-likeness (QED) is 0.183. The molecule has 0 N–H and O–H groups in total. The van der Waals surface area contributed by atoms with E-state index in [9.17, 15) is 0 Å². The summed E-state index contributed by atoms with van der Waals surface area (Å²) in [6, 6.07) is 62.4. The molecule has 0 atom stereocenters. The van der Waals surface area contributed by atoms with Gasteiger partial charge in [0.1, 0.15) is 0 Å². The van der Waals surface area contributed by atoms with Gasteiger partial charge in [-0.05, 0) is 51.9 Å². The molecule has 8 aromatic carbocycles. The largest absolute Gasteiger partial charge is 0.309 e. The third kappa shape index (κ3) is 4.29. The zero-order valence-corrected chi connectivity index (χ0v) is 26.6. The molecule has 0 aliphatic carbocycles. The molecule has 0 saturated carbocycles. The van der Waals surface area contributed by atoms with Gasteiger partial charge in [-0.3, -0.25) is 0 Å². The Hall–Kier alpha value is -6.58. The van der Waals surface area contributed by atoms with E-state index in [0.717, 1.165) is 39.2 Å². The Morgan fingerprint density at radius 3 is 1.53 bits per heavy atom. The maximum atomic E-state index is 5.28. The van der Waals surface area contributed by atoms with Crippen LogP contribution in [0.3, 0.4) is 0 Å². The van der Waals surface area contributed by atoms with Crippen molar-refractivity contribution in [2.45, 2.75) is 0 Å². The first kappa shape index (κ1) is 27.5. The standard InChI is InChI=1S/C46H29N3/c1-4-16-30(17-5-1)40-29-41(31-18-6-2-7-19-31)48-46(47-40)39-28-38-34-23-11-13-25-36(34)45-44(43(38)35-24-12-10-22-33(35)39)37-26-14-15-27-42(37)49(45)32-20-8-3-9-21-32/h1-29H. The first-order chi connectivity index (χ1) is 24.3. The van der Waals surface area contributed by atoms with Crippen molar-refractivity contribution in [3.05, 3.63) is 176 Å². The van der Waals surface area contributed by atoms with E-state index in [0.29, 0.717) is 5.82 Å². The van der Waals surface area contributed by atoms with E-state index >= 15 is 0 Å². The van der Waals surface area contributed by atoms with Crippen LogP contribution in [0.5, 0.6) is 0 Å². The smallest absolute Gasteiger partial charge is 0.161 e. The maximum Gasteiger partial charge on any atom is 0.161 e. The summed E-state index contributed by atoms with van der Waals surface area (Å²) in [5.74, 6) is 0.717. The van der Waals surface area contributed by atoms with Crippen LogP contribution in [0.4, 0.5) is 0 Å². The van der Waals surface area contributed by atoms with E-state index in [4.69, 9.17) is 9.97 Å². The Morgan fingerprint density at radius 1 is 0.367 bits per heavy atom. The Bertz CT molecular complexity index is 2800. The van der Waals surface area contributed by atoms with E-state index in [1.165, 1.54) is 48.7 Å². The molecule has 10 rings (SSSR count). The summed E-state index contributed by atoms with van der Waals surface area (Å²) in [5, 5.41) is 9.70. The Labute approximate surface area is 283 Å². The highest BCUT2D eigenvalue weighted by molar-refractivity contribution is 6.37. The molecule has 49 heavy (non-hydrogen) atoms. The third-order valence-electron chi connectivity index (χ3n) is 9.76. The number of hydrogen-bond donors (Lipinski definition) is 0. The summed E-state index contributed by atoms with van der Waals surface area (Å²) in [5.41, 5.74) is 8.53. The summed E-state index contributed by atoms with van der Waals surface area (Å²) in [7, 11) is 0. The van der Waals surface area contributed by atoms with Gasteiger partial charge in [0, 0.05) is 43.9 Å². The summed E-state index contributed by atoms with van der Waals surface area (Å²) >= 11 is 0. The van der Waals surface area contributed by atoms with Crippen molar-refractivity contribution < 1.29 is 0 Å². The molecular formula is C46H29N3. The highest BCUT2D eigenvalue weighted by Crippen LogP contribution is 2.46. The van der Waals surface area contributed by atoms with Gasteiger partial charge >= 0.3 is 0 Å². The molecule has 3 nitrogen and oxygen atoms in total. The van der Waals surface area contributed by atoms with Crippen molar-refractivity contribution in [3.63, 3.8) is 0 Å². The number of benzene rings is 8. The first-order valence-corrected chi connectivity index (χ1v) is 16.7. The Morgan fingerprint density at radius 2 is 0.878 bits per heavy atom. The van der Waals surface area contributed by atoms with Crippen LogP contribution in [0.2, 0.25) is 0 Å². The zero-order chi connectivity index (χ0) is 32.3. The van der Waals surface area contributed by atoms with Gasteiger partial charge in [-0.25, -0.2) is 9.97 Å². The molecular weight excluding hydrogens is 595 g/mol. The van der Waals surface area contributed by atoms with Crippen molar-refractivity contribution in [1.29, 1.82) is 0 Å². The molecule has 0 aliphatic heterocycles. The van der Waals surface area contributed by atoms with Gasteiger partial charge in [-0.2, -0.15) is 0 Å². The van der Waals surface area contributed by atoms with Crippen LogP contribution in [0.25, 0.3) is 93.7 Å². The van der Waals surface area contributed by atoms with Crippen LogP contribution in [0.15, 0.2) is 176 Å². The number of fused-ring (bicyclic) bond motifs is 10. The zero-order valence-electron chi connectivity index (χ0n) is 26.6. The molecule has 0 unspecified atom stereocenters. The van der Waals surface area contributed by atoms with Crippen LogP contribution in [-0.4, -0.2) is 14.5 Å². The molecule has 0 amide bonds. The maximum absolute atomic E-state index is 5.28. The van der Waals surface area contributed by atoms with Crippen molar-refractivity contribution in [2.24, 2.45) is 0 Å². The monoisotopic (exact) mass is 623 g/mol. The Kier molecular flexibility index (Phi) is 6.18. The molecule has 0 fully saturated rings. The minimum Gasteiger partial charge on any atom is -0.309 e. The van der Waals surface area contributed by atoms with E-state index in [-0.39, 0.29) is 0 Å². The molecule has 0 radical (unpaired) electrons. The highest BCUT2D eigenvalue weighted by Gasteiger charge is 2.22. The van der Waals surface area contributed by atoms with Crippen LogP contribution in [0, 0.1) is 0 Å². The third-order valence-corrected chi connectivity index (χ3v) is 9.76. The van der Waals surface area contributed by atoms with E-state index < -0.39 is 0 Å². The number of hydrogen-bond acceptors (Lipinski definition) is 2. The van der Waals surface area contributed by atoms with Crippen molar-refractivity contribution in [1.82, 2.24) is 14.5 Å². The number of nitrogens with zero attached hydrogens (tertiary/aromatic N) is 3. The number of aromatic nitrogens is 3. The van der Waals surface area contributed by atoms with Gasteiger partial charge in [-0.15, -0.1) is 0 Å². The molecule has 3 heteroatoms. The van der Waals surface area contributed by atoms with Gasteiger partial charge in [-0.1, -0.05) is 146 Å². The van der Waals surface area contributed by atoms with Gasteiger partial charge in [0.25, 0.3) is 0 Å². The van der Waals surface area contributed by atoms with Crippen molar-refractivity contribution in [2.75, 3.05) is 0 Å². The van der Waals surface area contributed by atoms with Gasteiger partial charge in [0.05, 0.1) is 22.4 Å². The SMILES string of the molecule is c1ccc(-c2cc(-c3ccccc3)nc(-c3cc4c5ccccc5c5c(c6ccccc6n5-c5ccccc5)c4c4ccccc34)n2)cc1. The van der Waals surface area contributed by atoms with E-state index in [2.05, 4.69) is 168 Å². The lowest BCUT2D eigenvalue weighted by Crippen LogP contribution is -1.97. The molecule has 0 spiro atoms. The summed E-state index contributed by atoms with van der Waals surface area (Å²) in [4.78, 5) is 10.6. The molecule has 0 aliphatic rings. The summed E-state index contributed by atoms with van der Waals surface area (Å²) in [6.07, 6.45) is 0. The molecule has 0 saturated heterocycles. The van der Waals surface area contributed by atoms with Crippen LogP contribution in [0.1, 0.15) is 0 Å². The van der Waals surface area contributed by atoms with Gasteiger partial charge in [0.2, 0.25) is 0 Å². The second kappa shape index (κ2) is 11.0. The molecule has 2 aromatic heterocycles. The van der Waals surface area contributed by atoms with E-state index in [1.807, 2.05) is 12.1 Å². The fraction of sp³-hybridized carbons (Fsp3) is 0. The average Bonchev–Trinajstić information content (AvgIpc) is 3.54. The topological polar surface area (TPSA) is 30.7 Å². The van der Waals surface area contributed by atoms with Crippen molar-refractivity contribution in [3.8, 4) is 39.6 Å². The minimum absolute atomic E-state index is 0.717. The number of para-hydroxylation sites is 2. The summed E-state index contributed by atoms with van der Waals surface area (Å²) < 4.78 is 2.44. The first-order valence-electron chi connectivity index (χ1n) is 16.7. The van der Waals surface area contributed by atoms with Crippen LogP contribution in [-0.2, 0) is 0 Å². The minimum atomic E-state index is 0.717. The lowest BCUT2D eigenvalue weighted by Gasteiger charge is -2.16. The fourth-order valence-corrected chi connectivity index (χ4v) is 7.64. The second-order valence-electron chi connectivity index (χ2n) is 12.5. The molecule has 10 aromatic rings. The number of rotatable bonds is 4.